The van der Waals surface area contributed by atoms with Crippen molar-refractivity contribution in [3.8, 4) is 5.69 Å². The summed E-state index contributed by atoms with van der Waals surface area (Å²) in [4.78, 5) is 45.0. The standard InChI is InChI=1S/C22H21N7O3/c1-2-28-19-18(21(31)26-22(28)32)15(10-16(25-19)13-8-9-13)20(30)23-11-17-27-24-12-29(17)14-6-4-3-5-7-14/h3-7,10,12-13H,2,8-9,11H2,1H3,(H,23,30)(H,26,31,32). The average molecular weight is 431 g/mol. The number of H-pyrrole nitrogens is 1. The number of nitrogens with zero attached hydrogens (tertiary/aromatic N) is 5. The zero-order chi connectivity index (χ0) is 22.2. The Morgan fingerprint density at radius 1 is 1.22 bits per heavy atom. The van der Waals surface area contributed by atoms with Crippen molar-refractivity contribution in [2.75, 3.05) is 0 Å². The summed E-state index contributed by atoms with van der Waals surface area (Å²) >= 11 is 0. The lowest BCUT2D eigenvalue weighted by atomic mass is 10.1. The number of carbonyl (C=O) groups is 1. The number of pyridine rings is 1. The Morgan fingerprint density at radius 3 is 2.72 bits per heavy atom. The van der Waals surface area contributed by atoms with E-state index in [1.165, 1.54) is 4.57 Å². The Morgan fingerprint density at radius 2 is 2.00 bits per heavy atom. The van der Waals surface area contributed by atoms with E-state index in [2.05, 4.69) is 25.5 Å². The van der Waals surface area contributed by atoms with Crippen LogP contribution in [0.4, 0.5) is 0 Å². The number of amides is 1. The highest BCUT2D eigenvalue weighted by Crippen LogP contribution is 2.39. The molecule has 0 saturated heterocycles. The first kappa shape index (κ1) is 19.9. The van der Waals surface area contributed by atoms with E-state index in [1.807, 2.05) is 30.3 Å². The van der Waals surface area contributed by atoms with Gasteiger partial charge in [0.1, 0.15) is 6.33 Å². The van der Waals surface area contributed by atoms with E-state index in [0.717, 1.165) is 24.2 Å². The SMILES string of the molecule is CCn1c(=O)[nH]c(=O)c2c(C(=O)NCc3nncn3-c3ccccc3)cc(C3CC3)nc21. The smallest absolute Gasteiger partial charge is 0.329 e. The minimum Gasteiger partial charge on any atom is -0.345 e. The minimum absolute atomic E-state index is 0.109. The first-order chi connectivity index (χ1) is 15.6. The zero-order valence-corrected chi connectivity index (χ0v) is 17.4. The Bertz CT molecular complexity index is 1430. The summed E-state index contributed by atoms with van der Waals surface area (Å²) in [5, 5.41) is 11.0. The lowest BCUT2D eigenvalue weighted by Gasteiger charge is -2.13. The molecule has 1 aliphatic rings. The molecule has 0 unspecified atom stereocenters. The predicted octanol–water partition coefficient (Wildman–Crippen LogP) is 1.49. The summed E-state index contributed by atoms with van der Waals surface area (Å²) in [5.74, 6) is 0.352. The third-order valence-electron chi connectivity index (χ3n) is 5.58. The lowest BCUT2D eigenvalue weighted by molar-refractivity contribution is 0.0951. The molecule has 32 heavy (non-hydrogen) atoms. The second-order valence-electron chi connectivity index (χ2n) is 7.71. The number of benzene rings is 1. The van der Waals surface area contributed by atoms with Crippen molar-refractivity contribution >= 4 is 16.9 Å². The van der Waals surface area contributed by atoms with E-state index < -0.39 is 17.2 Å². The van der Waals surface area contributed by atoms with Gasteiger partial charge in [-0.3, -0.25) is 23.7 Å². The number of fused-ring (bicyclic) bond motifs is 1. The second kappa shape index (κ2) is 7.88. The van der Waals surface area contributed by atoms with Gasteiger partial charge in [0.25, 0.3) is 11.5 Å². The molecule has 0 spiro atoms. The van der Waals surface area contributed by atoms with Crippen LogP contribution in [-0.2, 0) is 13.1 Å². The number of carbonyl (C=O) groups excluding carboxylic acids is 1. The van der Waals surface area contributed by atoms with E-state index in [9.17, 15) is 14.4 Å². The maximum Gasteiger partial charge on any atom is 0.329 e. The number of hydrogen-bond acceptors (Lipinski definition) is 6. The first-order valence-electron chi connectivity index (χ1n) is 10.5. The molecule has 2 N–H and O–H groups in total. The van der Waals surface area contributed by atoms with Crippen LogP contribution in [0, 0.1) is 0 Å². The fourth-order valence-corrected chi connectivity index (χ4v) is 3.79. The van der Waals surface area contributed by atoms with Gasteiger partial charge < -0.3 is 5.32 Å². The Labute approximate surface area is 182 Å². The van der Waals surface area contributed by atoms with Crippen LogP contribution in [0.5, 0.6) is 0 Å². The van der Waals surface area contributed by atoms with Gasteiger partial charge in [-0.2, -0.15) is 0 Å². The largest absolute Gasteiger partial charge is 0.345 e. The quantitative estimate of drug-likeness (QED) is 0.476. The molecule has 5 rings (SSSR count). The Balaban J connectivity index is 1.53. The van der Waals surface area contributed by atoms with Crippen LogP contribution in [0.15, 0.2) is 52.3 Å². The molecule has 1 aliphatic carbocycles. The van der Waals surface area contributed by atoms with Crippen LogP contribution in [0.25, 0.3) is 16.7 Å². The van der Waals surface area contributed by atoms with Gasteiger partial charge in [0.15, 0.2) is 11.5 Å². The maximum atomic E-state index is 13.2. The summed E-state index contributed by atoms with van der Waals surface area (Å²) in [5.41, 5.74) is 0.877. The summed E-state index contributed by atoms with van der Waals surface area (Å²) in [6, 6.07) is 11.2. The van der Waals surface area contributed by atoms with E-state index in [0.29, 0.717) is 12.4 Å². The number of aromatic nitrogens is 6. The van der Waals surface area contributed by atoms with Gasteiger partial charge in [-0.15, -0.1) is 10.2 Å². The molecular formula is C22H21N7O3. The van der Waals surface area contributed by atoms with Crippen LogP contribution in [0.2, 0.25) is 0 Å². The van der Waals surface area contributed by atoms with Gasteiger partial charge in [0.2, 0.25) is 0 Å². The molecule has 0 atom stereocenters. The van der Waals surface area contributed by atoms with Gasteiger partial charge in [0, 0.05) is 23.8 Å². The molecule has 4 aromatic rings. The Kier molecular flexibility index (Phi) is 4.89. The van der Waals surface area contributed by atoms with Gasteiger partial charge in [-0.1, -0.05) is 18.2 Å². The molecule has 1 saturated carbocycles. The van der Waals surface area contributed by atoms with Crippen LogP contribution < -0.4 is 16.6 Å². The molecule has 0 bridgehead atoms. The topological polar surface area (TPSA) is 128 Å². The molecule has 0 aliphatic heterocycles. The summed E-state index contributed by atoms with van der Waals surface area (Å²) in [6.07, 6.45) is 3.52. The molecule has 3 aromatic heterocycles. The van der Waals surface area contributed by atoms with Crippen molar-refractivity contribution in [3.05, 3.63) is 80.6 Å². The van der Waals surface area contributed by atoms with E-state index >= 15 is 0 Å². The van der Waals surface area contributed by atoms with Crippen LogP contribution >= 0.6 is 0 Å². The number of hydrogen-bond donors (Lipinski definition) is 2. The minimum atomic E-state index is -0.623. The molecule has 162 valence electrons. The summed E-state index contributed by atoms with van der Waals surface area (Å²) in [7, 11) is 0. The van der Waals surface area contributed by atoms with Gasteiger partial charge in [-0.05, 0) is 38.0 Å². The number of rotatable bonds is 6. The van der Waals surface area contributed by atoms with Crippen molar-refractivity contribution in [2.24, 2.45) is 0 Å². The molecule has 0 radical (unpaired) electrons. The monoisotopic (exact) mass is 431 g/mol. The van der Waals surface area contributed by atoms with Crippen molar-refractivity contribution in [2.45, 2.75) is 38.8 Å². The van der Waals surface area contributed by atoms with Gasteiger partial charge in [0.05, 0.1) is 17.5 Å². The van der Waals surface area contributed by atoms with Gasteiger partial charge >= 0.3 is 5.69 Å². The highest BCUT2D eigenvalue weighted by molar-refractivity contribution is 6.05. The zero-order valence-electron chi connectivity index (χ0n) is 17.4. The van der Waals surface area contributed by atoms with Crippen LogP contribution in [-0.4, -0.2) is 35.2 Å². The van der Waals surface area contributed by atoms with E-state index in [1.54, 1.807) is 23.9 Å². The van der Waals surface area contributed by atoms with Crippen LogP contribution in [0.1, 0.15) is 47.6 Å². The van der Waals surface area contributed by atoms with Crippen molar-refractivity contribution in [1.82, 2.24) is 34.6 Å². The van der Waals surface area contributed by atoms with E-state index in [4.69, 9.17) is 0 Å². The summed E-state index contributed by atoms with van der Waals surface area (Å²) in [6.45, 7) is 2.23. The molecule has 3 heterocycles. The molecule has 1 fully saturated rings. The molecule has 1 amide bonds. The number of aryl methyl sites for hydroxylation is 1. The highest BCUT2D eigenvalue weighted by atomic mass is 16.2. The highest BCUT2D eigenvalue weighted by Gasteiger charge is 2.28. The molecular weight excluding hydrogens is 410 g/mol. The number of para-hydroxylation sites is 1. The third-order valence-corrected chi connectivity index (χ3v) is 5.58. The number of aromatic amines is 1. The summed E-state index contributed by atoms with van der Waals surface area (Å²) < 4.78 is 3.16. The Hall–Kier alpha value is -4.08. The maximum absolute atomic E-state index is 13.2. The van der Waals surface area contributed by atoms with E-state index in [-0.39, 0.29) is 29.1 Å². The molecule has 10 heteroatoms. The fourth-order valence-electron chi connectivity index (χ4n) is 3.79. The van der Waals surface area contributed by atoms with Crippen molar-refractivity contribution in [1.29, 1.82) is 0 Å². The fraction of sp³-hybridized carbons (Fsp3) is 0.273. The van der Waals surface area contributed by atoms with Crippen LogP contribution in [0.3, 0.4) is 0 Å². The first-order valence-corrected chi connectivity index (χ1v) is 10.5. The average Bonchev–Trinajstić information content (AvgIpc) is 3.55. The predicted molar refractivity (Wildman–Crippen MR) is 117 cm³/mol. The van der Waals surface area contributed by atoms with Gasteiger partial charge in [-0.25, -0.2) is 9.78 Å². The molecule has 10 nitrogen and oxygen atoms in total. The second-order valence-corrected chi connectivity index (χ2v) is 7.71. The van der Waals surface area contributed by atoms with Crippen molar-refractivity contribution < 1.29 is 4.79 Å². The molecule has 1 aromatic carbocycles. The lowest BCUT2D eigenvalue weighted by Crippen LogP contribution is -2.33. The normalized spacial score (nSPS) is 13.4. The van der Waals surface area contributed by atoms with Crippen molar-refractivity contribution in [3.63, 3.8) is 0 Å². The third kappa shape index (κ3) is 3.49. The number of nitrogens with one attached hydrogen (secondary N) is 2.